The molecule has 1 aromatic carbocycles. The number of amides is 2. The number of halogens is 1. The molecule has 0 fully saturated rings. The lowest BCUT2D eigenvalue weighted by atomic mass is 9.85. The summed E-state index contributed by atoms with van der Waals surface area (Å²) in [4.78, 5) is 35.3. The topological polar surface area (TPSA) is 98.3 Å². The quantitative estimate of drug-likeness (QED) is 0.639. The summed E-state index contributed by atoms with van der Waals surface area (Å²) in [5.41, 5.74) is 5.05. The molecule has 2 amide bonds. The molecule has 0 saturated carbocycles. The third kappa shape index (κ3) is 7.25. The number of carbonyl (C=O) groups is 3. The first kappa shape index (κ1) is 21.2. The predicted octanol–water partition coefficient (Wildman–Crippen LogP) is 2.04. The lowest BCUT2D eigenvalue weighted by Crippen LogP contribution is -2.43. The van der Waals surface area contributed by atoms with Crippen LogP contribution >= 0.6 is 15.9 Å². The Balaban J connectivity index is 2.53. The second kappa shape index (κ2) is 10.2. The second-order valence-corrected chi connectivity index (χ2v) is 7.41. The molecule has 138 valence electrons. The molecule has 1 rings (SSSR count). The summed E-state index contributed by atoms with van der Waals surface area (Å²) < 4.78 is 0.612. The molecule has 0 aromatic heterocycles. The van der Waals surface area contributed by atoms with Gasteiger partial charge in [-0.15, -0.1) is 0 Å². The molecule has 0 bridgehead atoms. The van der Waals surface area contributed by atoms with Gasteiger partial charge in [-0.3, -0.25) is 20.4 Å². The number of hydrogen-bond acceptors (Lipinski definition) is 4. The van der Waals surface area contributed by atoms with Crippen LogP contribution in [0.25, 0.3) is 0 Å². The third-order valence-electron chi connectivity index (χ3n) is 3.99. The van der Waals surface area contributed by atoms with Gasteiger partial charge in [-0.25, -0.2) is 0 Å². The van der Waals surface area contributed by atoms with Gasteiger partial charge in [0.15, 0.2) is 0 Å². The Hall–Kier alpha value is -1.89. The van der Waals surface area contributed by atoms with Crippen molar-refractivity contribution in [2.24, 2.45) is 17.8 Å². The van der Waals surface area contributed by atoms with Crippen molar-refractivity contribution < 1.29 is 19.5 Å². The second-order valence-electron chi connectivity index (χ2n) is 6.56. The first-order valence-electron chi connectivity index (χ1n) is 8.27. The Bertz CT molecular complexity index is 619. The van der Waals surface area contributed by atoms with E-state index in [4.69, 9.17) is 0 Å². The minimum Gasteiger partial charge on any atom is -0.550 e. The summed E-state index contributed by atoms with van der Waals surface area (Å²) in [6.07, 6.45) is 1.22. The number of carboxylic acids is 1. The summed E-state index contributed by atoms with van der Waals surface area (Å²) in [6, 6.07) is 6.82. The van der Waals surface area contributed by atoms with Crippen LogP contribution in [0.1, 0.15) is 50.4 Å². The van der Waals surface area contributed by atoms with Crippen LogP contribution in [-0.2, 0) is 9.59 Å². The monoisotopic (exact) mass is 411 g/mol. The Morgan fingerprint density at radius 1 is 1.08 bits per heavy atom. The lowest BCUT2D eigenvalue weighted by Gasteiger charge is -2.25. The molecule has 0 aliphatic rings. The number of hydrazine groups is 1. The van der Waals surface area contributed by atoms with Gasteiger partial charge in [0.2, 0.25) is 5.91 Å². The Morgan fingerprint density at radius 2 is 1.72 bits per heavy atom. The highest BCUT2D eigenvalue weighted by Crippen LogP contribution is 2.22. The molecule has 0 unspecified atom stereocenters. The van der Waals surface area contributed by atoms with Crippen molar-refractivity contribution in [2.75, 3.05) is 0 Å². The van der Waals surface area contributed by atoms with E-state index in [2.05, 4.69) is 26.8 Å². The number of aliphatic carboxylic acids is 1. The minimum absolute atomic E-state index is 0.00696. The summed E-state index contributed by atoms with van der Waals surface area (Å²) in [6.45, 7) is 5.73. The maximum absolute atomic E-state index is 12.0. The molecule has 0 aliphatic heterocycles. The zero-order valence-corrected chi connectivity index (χ0v) is 16.3. The molecule has 1 aromatic rings. The van der Waals surface area contributed by atoms with Crippen molar-refractivity contribution >= 4 is 33.7 Å². The Kier molecular flexibility index (Phi) is 8.61. The van der Waals surface area contributed by atoms with Gasteiger partial charge in [-0.2, -0.15) is 0 Å². The molecule has 25 heavy (non-hydrogen) atoms. The van der Waals surface area contributed by atoms with E-state index in [1.165, 1.54) is 0 Å². The van der Waals surface area contributed by atoms with Crippen molar-refractivity contribution in [3.63, 3.8) is 0 Å². The van der Waals surface area contributed by atoms with Gasteiger partial charge in [-0.1, -0.05) is 39.3 Å². The summed E-state index contributed by atoms with van der Waals surface area (Å²) >= 11 is 3.26. The fraction of sp³-hybridized carbons (Fsp3) is 0.500. The molecule has 7 heteroatoms. The number of benzene rings is 1. The van der Waals surface area contributed by atoms with Gasteiger partial charge in [0, 0.05) is 22.8 Å². The normalized spacial score (nSPS) is 13.2. The van der Waals surface area contributed by atoms with Crippen LogP contribution < -0.4 is 16.0 Å². The van der Waals surface area contributed by atoms with Crippen LogP contribution in [0.15, 0.2) is 28.7 Å². The standard InChI is InChI=1S/C18H25BrN2O4/c1-11(2)8-9-13(18(24)25)12(3)10-16(22)20-21-17(23)14-6-4-5-7-15(14)19/h4-7,11-13H,8-10H2,1-3H3,(H,20,22)(H,21,23)(H,24,25)/p-1/t12-,13-/m0/s1. The highest BCUT2D eigenvalue weighted by molar-refractivity contribution is 9.10. The van der Waals surface area contributed by atoms with Gasteiger partial charge in [0.05, 0.1) is 5.56 Å². The van der Waals surface area contributed by atoms with Gasteiger partial charge >= 0.3 is 0 Å². The van der Waals surface area contributed by atoms with E-state index in [1.807, 2.05) is 13.8 Å². The average Bonchev–Trinajstić information content (AvgIpc) is 2.52. The first-order chi connectivity index (χ1) is 11.7. The maximum Gasteiger partial charge on any atom is 0.270 e. The summed E-state index contributed by atoms with van der Waals surface area (Å²) in [5, 5.41) is 11.3. The van der Waals surface area contributed by atoms with E-state index in [0.717, 1.165) is 6.42 Å². The fourth-order valence-electron chi connectivity index (χ4n) is 2.47. The zero-order valence-electron chi connectivity index (χ0n) is 14.7. The zero-order chi connectivity index (χ0) is 19.0. The van der Waals surface area contributed by atoms with Crippen LogP contribution in [0.3, 0.4) is 0 Å². The van der Waals surface area contributed by atoms with E-state index in [0.29, 0.717) is 22.4 Å². The van der Waals surface area contributed by atoms with Gasteiger partial charge in [0.1, 0.15) is 0 Å². The summed E-state index contributed by atoms with van der Waals surface area (Å²) in [7, 11) is 0. The van der Waals surface area contributed by atoms with Gasteiger partial charge < -0.3 is 9.90 Å². The van der Waals surface area contributed by atoms with Crippen molar-refractivity contribution in [2.45, 2.75) is 40.0 Å². The molecule has 0 heterocycles. The molecular weight excluding hydrogens is 388 g/mol. The smallest absolute Gasteiger partial charge is 0.270 e. The Morgan fingerprint density at radius 3 is 2.28 bits per heavy atom. The minimum atomic E-state index is -1.14. The highest BCUT2D eigenvalue weighted by atomic mass is 79.9. The lowest BCUT2D eigenvalue weighted by molar-refractivity contribution is -0.313. The number of nitrogens with one attached hydrogen (secondary N) is 2. The summed E-state index contributed by atoms with van der Waals surface area (Å²) in [5.74, 6) is -2.73. The van der Waals surface area contributed by atoms with E-state index < -0.39 is 23.7 Å². The number of carboxylic acid groups (broad SMARTS) is 1. The average molecular weight is 412 g/mol. The molecule has 0 spiro atoms. The molecule has 0 radical (unpaired) electrons. The number of rotatable bonds is 8. The van der Waals surface area contributed by atoms with E-state index in [1.54, 1.807) is 31.2 Å². The van der Waals surface area contributed by atoms with Crippen LogP contribution in [0.2, 0.25) is 0 Å². The molecule has 2 N–H and O–H groups in total. The van der Waals surface area contributed by atoms with Crippen molar-refractivity contribution in [1.29, 1.82) is 0 Å². The number of hydrogen-bond donors (Lipinski definition) is 2. The first-order valence-corrected chi connectivity index (χ1v) is 9.06. The molecule has 0 saturated heterocycles. The van der Waals surface area contributed by atoms with Crippen molar-refractivity contribution in [3.05, 3.63) is 34.3 Å². The maximum atomic E-state index is 12.0. The van der Waals surface area contributed by atoms with Gasteiger partial charge in [-0.05, 0) is 46.3 Å². The van der Waals surface area contributed by atoms with E-state index >= 15 is 0 Å². The molecule has 6 nitrogen and oxygen atoms in total. The molecular formula is C18H24BrN2O4-. The largest absolute Gasteiger partial charge is 0.550 e. The van der Waals surface area contributed by atoms with Crippen LogP contribution in [-0.4, -0.2) is 17.8 Å². The van der Waals surface area contributed by atoms with E-state index in [-0.39, 0.29) is 12.3 Å². The van der Waals surface area contributed by atoms with Crippen LogP contribution in [0, 0.1) is 17.8 Å². The highest BCUT2D eigenvalue weighted by Gasteiger charge is 2.22. The number of carbonyl (C=O) groups excluding carboxylic acids is 3. The Labute approximate surface area is 156 Å². The third-order valence-corrected chi connectivity index (χ3v) is 4.68. The van der Waals surface area contributed by atoms with Crippen LogP contribution in [0.5, 0.6) is 0 Å². The van der Waals surface area contributed by atoms with Crippen LogP contribution in [0.4, 0.5) is 0 Å². The molecule has 0 aliphatic carbocycles. The van der Waals surface area contributed by atoms with Crippen molar-refractivity contribution in [3.8, 4) is 0 Å². The SMILES string of the molecule is CC(C)CC[C@H](C(=O)[O-])[C@@H](C)CC(=O)NNC(=O)c1ccccc1Br. The van der Waals surface area contributed by atoms with Crippen molar-refractivity contribution in [1.82, 2.24) is 10.9 Å². The predicted molar refractivity (Wildman–Crippen MR) is 96.1 cm³/mol. The molecule has 2 atom stereocenters. The van der Waals surface area contributed by atoms with E-state index in [9.17, 15) is 19.5 Å². The van der Waals surface area contributed by atoms with Gasteiger partial charge in [0.25, 0.3) is 5.91 Å². The fourth-order valence-corrected chi connectivity index (χ4v) is 2.94.